The Morgan fingerprint density at radius 1 is 1.12 bits per heavy atom. The van der Waals surface area contributed by atoms with Crippen LogP contribution in [-0.2, 0) is 9.59 Å². The number of para-hydroxylation sites is 1. The maximum absolute atomic E-state index is 12.7. The molecule has 0 N–H and O–H groups in total. The standard InChI is InChI=1S/C19H25N3O3/c1-14-18(24)21(19(25)22(14)16-11-7-4-8-12-16)13-17(23)20(2)15-9-5-3-6-10-15/h4,7-8,11-12,14-15H,3,5-6,9-10,13H2,1-2H3. The van der Waals surface area contributed by atoms with E-state index in [4.69, 9.17) is 0 Å². The second kappa shape index (κ2) is 7.25. The highest BCUT2D eigenvalue weighted by Crippen LogP contribution is 2.26. The van der Waals surface area contributed by atoms with E-state index in [0.29, 0.717) is 5.69 Å². The van der Waals surface area contributed by atoms with Crippen molar-refractivity contribution in [2.45, 2.75) is 51.1 Å². The van der Waals surface area contributed by atoms with Crippen LogP contribution in [0.15, 0.2) is 30.3 Å². The fourth-order valence-corrected chi connectivity index (χ4v) is 3.71. The van der Waals surface area contributed by atoms with Gasteiger partial charge >= 0.3 is 6.03 Å². The average molecular weight is 343 g/mol. The molecular formula is C19H25N3O3. The normalized spacial score (nSPS) is 21.8. The maximum Gasteiger partial charge on any atom is 0.332 e. The van der Waals surface area contributed by atoms with Gasteiger partial charge < -0.3 is 4.90 Å². The van der Waals surface area contributed by atoms with E-state index in [0.717, 1.165) is 30.6 Å². The molecule has 1 aliphatic heterocycles. The lowest BCUT2D eigenvalue weighted by atomic mass is 9.94. The number of hydrogen-bond acceptors (Lipinski definition) is 3. The molecule has 1 unspecified atom stereocenters. The zero-order chi connectivity index (χ0) is 18.0. The number of hydrogen-bond donors (Lipinski definition) is 0. The summed E-state index contributed by atoms with van der Waals surface area (Å²) in [6, 6.07) is 8.29. The summed E-state index contributed by atoms with van der Waals surface area (Å²) >= 11 is 0. The van der Waals surface area contributed by atoms with Crippen molar-refractivity contribution in [2.24, 2.45) is 0 Å². The van der Waals surface area contributed by atoms with Crippen molar-refractivity contribution in [3.05, 3.63) is 30.3 Å². The van der Waals surface area contributed by atoms with Gasteiger partial charge in [0.25, 0.3) is 5.91 Å². The molecule has 134 valence electrons. The second-order valence-electron chi connectivity index (χ2n) is 6.88. The Hall–Kier alpha value is -2.37. The SMILES string of the molecule is CC1C(=O)N(CC(=O)N(C)C2CCCCC2)C(=O)N1c1ccccc1. The smallest absolute Gasteiger partial charge is 0.332 e. The van der Waals surface area contributed by atoms with Gasteiger partial charge in [0.05, 0.1) is 0 Å². The topological polar surface area (TPSA) is 60.9 Å². The lowest BCUT2D eigenvalue weighted by Crippen LogP contribution is -2.46. The second-order valence-corrected chi connectivity index (χ2v) is 6.88. The van der Waals surface area contributed by atoms with Crippen LogP contribution in [0.25, 0.3) is 0 Å². The van der Waals surface area contributed by atoms with Gasteiger partial charge in [-0.05, 0) is 31.9 Å². The highest BCUT2D eigenvalue weighted by atomic mass is 16.2. The monoisotopic (exact) mass is 343 g/mol. The molecule has 1 saturated carbocycles. The summed E-state index contributed by atoms with van der Waals surface area (Å²) in [5.41, 5.74) is 0.670. The average Bonchev–Trinajstić information content (AvgIpc) is 2.86. The van der Waals surface area contributed by atoms with E-state index in [1.807, 2.05) is 18.2 Å². The number of anilines is 1. The Morgan fingerprint density at radius 2 is 1.76 bits per heavy atom. The minimum Gasteiger partial charge on any atom is -0.341 e. The van der Waals surface area contributed by atoms with Crippen LogP contribution in [0, 0.1) is 0 Å². The Balaban J connectivity index is 1.71. The fourth-order valence-electron chi connectivity index (χ4n) is 3.71. The zero-order valence-electron chi connectivity index (χ0n) is 14.9. The van der Waals surface area contributed by atoms with E-state index in [9.17, 15) is 14.4 Å². The van der Waals surface area contributed by atoms with E-state index >= 15 is 0 Å². The van der Waals surface area contributed by atoms with Crippen LogP contribution in [-0.4, -0.2) is 53.3 Å². The number of carbonyl (C=O) groups excluding carboxylic acids is 3. The first-order chi connectivity index (χ1) is 12.0. The molecule has 25 heavy (non-hydrogen) atoms. The van der Waals surface area contributed by atoms with Crippen molar-refractivity contribution in [1.29, 1.82) is 0 Å². The molecule has 6 heteroatoms. The van der Waals surface area contributed by atoms with Crippen molar-refractivity contribution in [3.8, 4) is 0 Å². The number of likely N-dealkylation sites (N-methyl/N-ethyl adjacent to an activating group) is 1. The van der Waals surface area contributed by atoms with Crippen molar-refractivity contribution in [1.82, 2.24) is 9.80 Å². The van der Waals surface area contributed by atoms with Gasteiger partial charge in [0.2, 0.25) is 5.91 Å². The van der Waals surface area contributed by atoms with Crippen LogP contribution in [0.5, 0.6) is 0 Å². The predicted molar refractivity (Wildman–Crippen MR) is 95.1 cm³/mol. The molecule has 1 aromatic rings. The third-order valence-corrected chi connectivity index (χ3v) is 5.29. The number of rotatable bonds is 4. The van der Waals surface area contributed by atoms with Gasteiger partial charge in [-0.25, -0.2) is 4.79 Å². The maximum atomic E-state index is 12.7. The van der Waals surface area contributed by atoms with E-state index < -0.39 is 12.1 Å². The molecule has 1 heterocycles. The first-order valence-corrected chi connectivity index (χ1v) is 8.96. The molecule has 1 aliphatic carbocycles. The fraction of sp³-hybridized carbons (Fsp3) is 0.526. The van der Waals surface area contributed by atoms with Crippen molar-refractivity contribution in [3.63, 3.8) is 0 Å². The van der Waals surface area contributed by atoms with Gasteiger partial charge in [0.15, 0.2) is 0 Å². The quantitative estimate of drug-likeness (QED) is 0.790. The Morgan fingerprint density at radius 3 is 2.40 bits per heavy atom. The molecule has 1 atom stereocenters. The summed E-state index contributed by atoms with van der Waals surface area (Å²) < 4.78 is 0. The zero-order valence-corrected chi connectivity index (χ0v) is 14.9. The van der Waals surface area contributed by atoms with E-state index in [-0.39, 0.29) is 24.4 Å². The predicted octanol–water partition coefficient (Wildman–Crippen LogP) is 2.63. The highest BCUT2D eigenvalue weighted by Gasteiger charge is 2.44. The minimum atomic E-state index is -0.595. The molecule has 3 rings (SSSR count). The summed E-state index contributed by atoms with van der Waals surface area (Å²) in [7, 11) is 1.78. The van der Waals surface area contributed by atoms with Gasteiger partial charge in [-0.1, -0.05) is 37.5 Å². The largest absolute Gasteiger partial charge is 0.341 e. The molecular weight excluding hydrogens is 318 g/mol. The van der Waals surface area contributed by atoms with E-state index in [1.165, 1.54) is 11.3 Å². The summed E-state index contributed by atoms with van der Waals surface area (Å²) in [5, 5.41) is 0. The van der Waals surface area contributed by atoms with Crippen LogP contribution in [0.2, 0.25) is 0 Å². The minimum absolute atomic E-state index is 0.171. The first-order valence-electron chi connectivity index (χ1n) is 8.96. The molecule has 0 radical (unpaired) electrons. The molecule has 1 saturated heterocycles. The van der Waals surface area contributed by atoms with Crippen molar-refractivity contribution < 1.29 is 14.4 Å². The van der Waals surface area contributed by atoms with Gasteiger partial charge in [0, 0.05) is 18.8 Å². The van der Waals surface area contributed by atoms with Gasteiger partial charge in [-0.3, -0.25) is 19.4 Å². The molecule has 6 nitrogen and oxygen atoms in total. The summed E-state index contributed by atoms with van der Waals surface area (Å²) in [6.07, 6.45) is 5.46. The molecule has 0 aromatic heterocycles. The first kappa shape index (κ1) is 17.5. The molecule has 0 bridgehead atoms. The third kappa shape index (κ3) is 3.38. The van der Waals surface area contributed by atoms with Gasteiger partial charge in [0.1, 0.15) is 12.6 Å². The van der Waals surface area contributed by atoms with E-state index in [2.05, 4.69) is 0 Å². The third-order valence-electron chi connectivity index (χ3n) is 5.29. The van der Waals surface area contributed by atoms with Gasteiger partial charge in [-0.2, -0.15) is 0 Å². The lowest BCUT2D eigenvalue weighted by Gasteiger charge is -2.32. The number of urea groups is 1. The molecule has 1 aromatic carbocycles. The summed E-state index contributed by atoms with van der Waals surface area (Å²) in [6.45, 7) is 1.51. The Labute approximate surface area is 148 Å². The number of amides is 4. The number of nitrogens with zero attached hydrogens (tertiary/aromatic N) is 3. The van der Waals surface area contributed by atoms with Crippen LogP contribution in [0.1, 0.15) is 39.0 Å². The number of benzene rings is 1. The van der Waals surface area contributed by atoms with Crippen molar-refractivity contribution >= 4 is 23.5 Å². The Bertz CT molecular complexity index is 655. The highest BCUT2D eigenvalue weighted by molar-refractivity contribution is 6.15. The van der Waals surface area contributed by atoms with Crippen LogP contribution in [0.3, 0.4) is 0 Å². The van der Waals surface area contributed by atoms with Crippen LogP contribution < -0.4 is 4.90 Å². The molecule has 4 amide bonds. The molecule has 2 fully saturated rings. The summed E-state index contributed by atoms with van der Waals surface area (Å²) in [4.78, 5) is 42.1. The molecule has 0 spiro atoms. The molecule has 2 aliphatic rings. The van der Waals surface area contributed by atoms with Crippen LogP contribution in [0.4, 0.5) is 10.5 Å². The van der Waals surface area contributed by atoms with E-state index in [1.54, 1.807) is 31.0 Å². The van der Waals surface area contributed by atoms with Crippen molar-refractivity contribution in [2.75, 3.05) is 18.5 Å². The summed E-state index contributed by atoms with van der Waals surface area (Å²) in [5.74, 6) is -0.491. The number of carbonyl (C=O) groups is 3. The number of imide groups is 1. The lowest BCUT2D eigenvalue weighted by molar-refractivity contribution is -0.138. The van der Waals surface area contributed by atoms with Crippen LogP contribution >= 0.6 is 0 Å². The Kier molecular flexibility index (Phi) is 5.06. The van der Waals surface area contributed by atoms with Gasteiger partial charge in [-0.15, -0.1) is 0 Å².